The van der Waals surface area contributed by atoms with Crippen LogP contribution in [0.15, 0.2) is 24.3 Å². The Bertz CT molecular complexity index is 692. The van der Waals surface area contributed by atoms with Gasteiger partial charge in [0.25, 0.3) is 6.85 Å². The Kier molecular flexibility index (Phi) is 4.44. The molecular formula is C22H36BNSi. The third-order valence-electron chi connectivity index (χ3n) is 7.40. The van der Waals surface area contributed by atoms with Gasteiger partial charge in [0.1, 0.15) is 8.24 Å². The highest BCUT2D eigenvalue weighted by Crippen LogP contribution is 2.63. The van der Waals surface area contributed by atoms with Crippen molar-refractivity contribution in [2.24, 2.45) is 0 Å². The molecule has 3 rings (SSSR count). The van der Waals surface area contributed by atoms with E-state index in [1.165, 1.54) is 29.5 Å². The molecule has 1 aliphatic heterocycles. The lowest BCUT2D eigenvalue weighted by Crippen LogP contribution is -2.84. The van der Waals surface area contributed by atoms with E-state index in [-0.39, 0.29) is 0 Å². The second-order valence-corrected chi connectivity index (χ2v) is 15.2. The lowest BCUT2D eigenvalue weighted by Gasteiger charge is -2.71. The van der Waals surface area contributed by atoms with E-state index in [2.05, 4.69) is 90.3 Å². The Balaban J connectivity index is 2.15. The topological polar surface area (TPSA) is 3.24 Å². The van der Waals surface area contributed by atoms with Crippen LogP contribution in [0, 0.1) is 20.8 Å². The molecule has 0 aromatic heterocycles. The van der Waals surface area contributed by atoms with Gasteiger partial charge in [-0.3, -0.25) is 0 Å². The quantitative estimate of drug-likeness (QED) is 0.502. The molecule has 1 nitrogen and oxygen atoms in total. The highest BCUT2D eigenvalue weighted by molar-refractivity contribution is 6.94. The van der Waals surface area contributed by atoms with Crippen molar-refractivity contribution in [2.75, 3.05) is 0 Å². The molecule has 1 aliphatic carbocycles. The summed E-state index contributed by atoms with van der Waals surface area (Å²) >= 11 is 0. The first kappa shape index (κ1) is 19.0. The lowest BCUT2D eigenvalue weighted by atomic mass is 9.24. The molecule has 1 fully saturated rings. The average molecular weight is 353 g/mol. The van der Waals surface area contributed by atoms with E-state index in [0.717, 1.165) is 0 Å². The summed E-state index contributed by atoms with van der Waals surface area (Å²) in [5.41, 5.74) is 5.98. The van der Waals surface area contributed by atoms with Crippen LogP contribution in [0.25, 0.3) is 0 Å². The van der Waals surface area contributed by atoms with Crippen LogP contribution < -0.4 is 5.46 Å². The molecule has 0 amide bonds. The second-order valence-electron chi connectivity index (χ2n) is 10.1. The summed E-state index contributed by atoms with van der Waals surface area (Å²) in [5.74, 6) is 0. The molecule has 136 valence electrons. The minimum atomic E-state index is -1.57. The Labute approximate surface area is 157 Å². The molecule has 1 aromatic rings. The van der Waals surface area contributed by atoms with Crippen LogP contribution in [0.2, 0.25) is 23.4 Å². The number of fused-ring (bicyclic) bond motifs is 1. The first-order valence-electron chi connectivity index (χ1n) is 10.0. The van der Waals surface area contributed by atoms with Crippen LogP contribution in [0.5, 0.6) is 0 Å². The van der Waals surface area contributed by atoms with Gasteiger partial charge in [0, 0.05) is 11.4 Å². The van der Waals surface area contributed by atoms with E-state index in [1.54, 1.807) is 5.46 Å². The molecule has 0 spiro atoms. The first-order valence-corrected chi connectivity index (χ1v) is 13.0. The molecule has 0 N–H and O–H groups in total. The van der Waals surface area contributed by atoms with Gasteiger partial charge < -0.3 is 4.48 Å². The predicted molar refractivity (Wildman–Crippen MR) is 116 cm³/mol. The predicted octanol–water partition coefficient (Wildman–Crippen LogP) is 5.61. The highest BCUT2D eigenvalue weighted by Gasteiger charge is 2.69. The van der Waals surface area contributed by atoms with Crippen LogP contribution in [-0.2, 0) is 0 Å². The Hall–Kier alpha value is -0.798. The van der Waals surface area contributed by atoms with E-state index in [4.69, 9.17) is 0 Å². The van der Waals surface area contributed by atoms with E-state index >= 15 is 0 Å². The number of aryl methyl sites for hydroxylation is 3. The van der Waals surface area contributed by atoms with Crippen LogP contribution >= 0.6 is 0 Å². The summed E-state index contributed by atoms with van der Waals surface area (Å²) in [4.78, 5) is 0. The standard InChI is InChI=1S/C22H36BNSi/c1-10-12-22-13-11-19(22)24(25(8,9)21(5,6)7)23(22)20-17(3)14-16(2)15-18(20)4/h11,13-15,19H,10,12H2,1-9H3/t19-,22+/m1/s1. The van der Waals surface area contributed by atoms with Gasteiger partial charge in [0.2, 0.25) is 0 Å². The maximum absolute atomic E-state index is 2.97. The third kappa shape index (κ3) is 2.53. The number of hydrogen-bond acceptors (Lipinski definition) is 1. The Morgan fingerprint density at radius 3 is 2.08 bits per heavy atom. The molecule has 0 unspecified atom stereocenters. The van der Waals surface area contributed by atoms with Crippen molar-refractivity contribution in [3.05, 3.63) is 41.0 Å². The van der Waals surface area contributed by atoms with Gasteiger partial charge in [-0.15, -0.1) is 0 Å². The van der Waals surface area contributed by atoms with Gasteiger partial charge in [-0.25, -0.2) is 0 Å². The first-order chi connectivity index (χ1) is 11.5. The largest absolute Gasteiger partial charge is 0.354 e. The summed E-state index contributed by atoms with van der Waals surface area (Å²) in [6.45, 7) is 22.3. The Morgan fingerprint density at radius 2 is 1.68 bits per heavy atom. The molecular weight excluding hydrogens is 317 g/mol. The van der Waals surface area contributed by atoms with Crippen LogP contribution in [0.3, 0.4) is 0 Å². The monoisotopic (exact) mass is 353 g/mol. The zero-order valence-electron chi connectivity index (χ0n) is 17.8. The molecule has 1 aromatic carbocycles. The van der Waals surface area contributed by atoms with Crippen molar-refractivity contribution in [3.63, 3.8) is 0 Å². The van der Waals surface area contributed by atoms with E-state index in [0.29, 0.717) is 23.2 Å². The molecule has 2 atom stereocenters. The van der Waals surface area contributed by atoms with Crippen molar-refractivity contribution < 1.29 is 0 Å². The van der Waals surface area contributed by atoms with Gasteiger partial charge in [0.05, 0.1) is 0 Å². The highest BCUT2D eigenvalue weighted by atomic mass is 28.3. The maximum Gasteiger partial charge on any atom is 0.264 e. The fourth-order valence-corrected chi connectivity index (χ4v) is 8.07. The number of hydrogen-bond donors (Lipinski definition) is 0. The summed E-state index contributed by atoms with van der Waals surface area (Å²) < 4.78 is 2.97. The zero-order valence-corrected chi connectivity index (χ0v) is 18.8. The average Bonchev–Trinajstić information content (AvgIpc) is 2.44. The van der Waals surface area contributed by atoms with E-state index < -0.39 is 8.24 Å². The minimum absolute atomic E-state index is 0.375. The molecule has 1 saturated heterocycles. The third-order valence-corrected chi connectivity index (χ3v) is 12.9. The van der Waals surface area contributed by atoms with Gasteiger partial charge in [-0.2, -0.15) is 0 Å². The molecule has 0 saturated carbocycles. The van der Waals surface area contributed by atoms with Gasteiger partial charge in [0.15, 0.2) is 0 Å². The summed E-state index contributed by atoms with van der Waals surface area (Å²) in [5, 5.41) is 0.759. The van der Waals surface area contributed by atoms with Crippen LogP contribution in [-0.4, -0.2) is 25.6 Å². The molecule has 2 aliphatic rings. The number of benzene rings is 1. The fraction of sp³-hybridized carbons (Fsp3) is 0.636. The van der Waals surface area contributed by atoms with Gasteiger partial charge >= 0.3 is 0 Å². The molecule has 0 radical (unpaired) electrons. The van der Waals surface area contributed by atoms with E-state index in [9.17, 15) is 0 Å². The zero-order chi connectivity index (χ0) is 18.8. The summed E-state index contributed by atoms with van der Waals surface area (Å²) in [6, 6.07) is 5.45. The summed E-state index contributed by atoms with van der Waals surface area (Å²) in [7, 11) is -1.57. The van der Waals surface area contributed by atoms with Crippen LogP contribution in [0.1, 0.15) is 57.2 Å². The smallest absolute Gasteiger partial charge is 0.264 e. The Morgan fingerprint density at radius 1 is 1.12 bits per heavy atom. The van der Waals surface area contributed by atoms with Crippen molar-refractivity contribution in [1.29, 1.82) is 0 Å². The molecule has 3 heteroatoms. The van der Waals surface area contributed by atoms with Crippen LogP contribution in [0.4, 0.5) is 0 Å². The van der Waals surface area contributed by atoms with Crippen molar-refractivity contribution in [3.8, 4) is 0 Å². The number of rotatable bonds is 4. The van der Waals surface area contributed by atoms with Crippen molar-refractivity contribution in [1.82, 2.24) is 4.48 Å². The second kappa shape index (κ2) is 5.85. The van der Waals surface area contributed by atoms with E-state index in [1.807, 2.05) is 0 Å². The normalized spacial score (nSPS) is 26.3. The minimum Gasteiger partial charge on any atom is -0.354 e. The lowest BCUT2D eigenvalue weighted by molar-refractivity contribution is 0.276. The van der Waals surface area contributed by atoms with Crippen molar-refractivity contribution in [2.45, 2.75) is 90.8 Å². The SMILES string of the molecule is CCC[C@]12C=C[C@H]1N([Si](C)(C)C(C)(C)C)B2c1c(C)cc(C)cc1C. The number of nitrogens with zero attached hydrogens (tertiary/aromatic N) is 1. The summed E-state index contributed by atoms with van der Waals surface area (Å²) in [6.07, 6.45) is 7.63. The molecule has 1 heterocycles. The van der Waals surface area contributed by atoms with Gasteiger partial charge in [-0.05, 0) is 32.2 Å². The maximum atomic E-state index is 2.97. The van der Waals surface area contributed by atoms with Gasteiger partial charge in [-0.1, -0.05) is 93.6 Å². The fourth-order valence-electron chi connectivity index (χ4n) is 5.26. The molecule has 25 heavy (non-hydrogen) atoms. The van der Waals surface area contributed by atoms with Crippen molar-refractivity contribution >= 4 is 20.5 Å². The molecule has 0 bridgehead atoms.